The third-order valence-corrected chi connectivity index (χ3v) is 6.55. The van der Waals surface area contributed by atoms with Gasteiger partial charge in [-0.05, 0) is 54.7 Å². The molecule has 34 heavy (non-hydrogen) atoms. The molecule has 0 saturated carbocycles. The number of hydrogen-bond donors (Lipinski definition) is 1. The monoisotopic (exact) mass is 474 g/mol. The highest BCUT2D eigenvalue weighted by atomic mass is 32.2. The van der Waals surface area contributed by atoms with Crippen LogP contribution in [0, 0.1) is 13.8 Å². The van der Waals surface area contributed by atoms with Crippen molar-refractivity contribution < 1.29 is 4.79 Å². The molecule has 1 amide bonds. The van der Waals surface area contributed by atoms with Crippen LogP contribution in [0.4, 0.5) is 0 Å². The third-order valence-electron chi connectivity index (χ3n) is 5.60. The van der Waals surface area contributed by atoms with E-state index in [4.69, 9.17) is 0 Å². The van der Waals surface area contributed by atoms with Crippen LogP contribution in [0.2, 0.25) is 0 Å². The quantitative estimate of drug-likeness (QED) is 0.357. The molecule has 0 spiro atoms. The lowest BCUT2D eigenvalue weighted by atomic mass is 10.0. The molecule has 0 aliphatic rings. The van der Waals surface area contributed by atoms with Gasteiger partial charge in [-0.15, -0.1) is 10.2 Å². The maximum atomic E-state index is 12.5. The first kappa shape index (κ1) is 23.8. The first-order valence-electron chi connectivity index (χ1n) is 11.4. The number of aryl methyl sites for hydroxylation is 2. The second-order valence-electron chi connectivity index (χ2n) is 8.70. The molecule has 4 aromatic rings. The van der Waals surface area contributed by atoms with E-state index >= 15 is 0 Å². The van der Waals surface area contributed by atoms with Crippen LogP contribution < -0.4 is 5.32 Å². The highest BCUT2D eigenvalue weighted by Crippen LogP contribution is 2.22. The van der Waals surface area contributed by atoms with Gasteiger partial charge in [-0.2, -0.15) is 5.10 Å². The summed E-state index contributed by atoms with van der Waals surface area (Å²) in [5.74, 6) is 0.708. The molecule has 8 heteroatoms. The Labute approximate surface area is 204 Å². The van der Waals surface area contributed by atoms with Gasteiger partial charge in [0.15, 0.2) is 5.16 Å². The topological polar surface area (TPSA) is 77.6 Å². The SMILES string of the molecule is Cc1cc(C)n(Cc2cccc(CNC(=O)CSc3nncn3-c3ccc(C(C)C)cc3)c2)n1. The second kappa shape index (κ2) is 10.7. The summed E-state index contributed by atoms with van der Waals surface area (Å²) in [5, 5.41) is 16.5. The van der Waals surface area contributed by atoms with Crippen LogP contribution in [0.25, 0.3) is 5.69 Å². The number of nitrogens with one attached hydrogen (secondary N) is 1. The molecule has 0 fully saturated rings. The number of rotatable bonds is 9. The van der Waals surface area contributed by atoms with Gasteiger partial charge in [-0.3, -0.25) is 14.0 Å². The first-order valence-corrected chi connectivity index (χ1v) is 12.4. The molecule has 1 N–H and O–H groups in total. The van der Waals surface area contributed by atoms with Crippen molar-refractivity contribution in [1.82, 2.24) is 29.9 Å². The standard InChI is InChI=1S/C26H30N6OS/c1-18(2)23-8-10-24(11-9-23)31-17-28-29-26(31)34-16-25(33)27-14-21-6-5-7-22(13-21)15-32-20(4)12-19(3)30-32/h5-13,17-18H,14-16H2,1-4H3,(H,27,33). The summed E-state index contributed by atoms with van der Waals surface area (Å²) in [4.78, 5) is 12.5. The Kier molecular flexibility index (Phi) is 7.47. The van der Waals surface area contributed by atoms with Crippen LogP contribution in [0.15, 0.2) is 66.1 Å². The number of amides is 1. The lowest BCUT2D eigenvalue weighted by molar-refractivity contribution is -0.118. The number of carbonyl (C=O) groups is 1. The number of benzene rings is 2. The van der Waals surface area contributed by atoms with E-state index in [1.54, 1.807) is 6.33 Å². The van der Waals surface area contributed by atoms with Gasteiger partial charge in [-0.1, -0.05) is 62.0 Å². The zero-order valence-electron chi connectivity index (χ0n) is 20.0. The molecule has 0 saturated heterocycles. The zero-order chi connectivity index (χ0) is 24.1. The van der Waals surface area contributed by atoms with E-state index in [-0.39, 0.29) is 11.7 Å². The van der Waals surface area contributed by atoms with Gasteiger partial charge in [0, 0.05) is 17.9 Å². The normalized spacial score (nSPS) is 11.2. The van der Waals surface area contributed by atoms with Gasteiger partial charge in [-0.25, -0.2) is 0 Å². The van der Waals surface area contributed by atoms with Gasteiger partial charge in [0.2, 0.25) is 5.91 Å². The molecule has 2 aromatic carbocycles. The second-order valence-corrected chi connectivity index (χ2v) is 9.64. The van der Waals surface area contributed by atoms with Gasteiger partial charge >= 0.3 is 0 Å². The predicted molar refractivity (Wildman–Crippen MR) is 135 cm³/mol. The smallest absolute Gasteiger partial charge is 0.230 e. The van der Waals surface area contributed by atoms with Gasteiger partial charge < -0.3 is 5.32 Å². The van der Waals surface area contributed by atoms with Crippen molar-refractivity contribution in [3.05, 3.63) is 89.0 Å². The molecule has 2 aromatic heterocycles. The van der Waals surface area contributed by atoms with Gasteiger partial charge in [0.1, 0.15) is 6.33 Å². The van der Waals surface area contributed by atoms with Crippen molar-refractivity contribution in [1.29, 1.82) is 0 Å². The van der Waals surface area contributed by atoms with E-state index in [9.17, 15) is 4.79 Å². The lowest BCUT2D eigenvalue weighted by Gasteiger charge is -2.10. The molecular weight excluding hydrogens is 444 g/mol. The molecule has 0 atom stereocenters. The number of carbonyl (C=O) groups excluding carboxylic acids is 1. The minimum Gasteiger partial charge on any atom is -0.351 e. The minimum atomic E-state index is -0.0429. The van der Waals surface area contributed by atoms with Crippen molar-refractivity contribution >= 4 is 17.7 Å². The maximum Gasteiger partial charge on any atom is 0.230 e. The Hall–Kier alpha value is -3.39. The number of hydrogen-bond acceptors (Lipinski definition) is 5. The molecule has 0 bridgehead atoms. The molecule has 7 nitrogen and oxygen atoms in total. The van der Waals surface area contributed by atoms with Crippen LogP contribution in [0.5, 0.6) is 0 Å². The molecule has 0 unspecified atom stereocenters. The van der Waals surface area contributed by atoms with Crippen molar-refractivity contribution in [3.63, 3.8) is 0 Å². The summed E-state index contributed by atoms with van der Waals surface area (Å²) in [7, 11) is 0. The summed E-state index contributed by atoms with van der Waals surface area (Å²) < 4.78 is 3.90. The largest absolute Gasteiger partial charge is 0.351 e. The van der Waals surface area contributed by atoms with E-state index in [2.05, 4.69) is 83.8 Å². The number of thioether (sulfide) groups is 1. The van der Waals surface area contributed by atoms with E-state index in [0.717, 1.165) is 28.2 Å². The van der Waals surface area contributed by atoms with Crippen LogP contribution in [0.3, 0.4) is 0 Å². The lowest BCUT2D eigenvalue weighted by Crippen LogP contribution is -2.24. The molecular formula is C26H30N6OS. The van der Waals surface area contributed by atoms with Crippen molar-refractivity contribution in [2.45, 2.75) is 51.9 Å². The Balaban J connectivity index is 1.31. The van der Waals surface area contributed by atoms with E-state index in [0.29, 0.717) is 24.2 Å². The van der Waals surface area contributed by atoms with Crippen LogP contribution in [-0.4, -0.2) is 36.2 Å². The Bertz CT molecular complexity index is 1260. The minimum absolute atomic E-state index is 0.0429. The van der Waals surface area contributed by atoms with E-state index in [1.165, 1.54) is 17.3 Å². The molecule has 0 aliphatic carbocycles. The average molecular weight is 475 g/mol. The Morgan fingerprint density at radius 1 is 1.06 bits per heavy atom. The van der Waals surface area contributed by atoms with Crippen LogP contribution in [0.1, 0.15) is 47.8 Å². The summed E-state index contributed by atoms with van der Waals surface area (Å²) in [6.45, 7) is 9.59. The van der Waals surface area contributed by atoms with Crippen molar-refractivity contribution in [3.8, 4) is 5.69 Å². The molecule has 0 aliphatic heterocycles. The van der Waals surface area contributed by atoms with Crippen LogP contribution in [-0.2, 0) is 17.9 Å². The van der Waals surface area contributed by atoms with Crippen molar-refractivity contribution in [2.75, 3.05) is 5.75 Å². The summed E-state index contributed by atoms with van der Waals surface area (Å²) >= 11 is 1.38. The fourth-order valence-corrected chi connectivity index (χ4v) is 4.51. The highest BCUT2D eigenvalue weighted by Gasteiger charge is 2.11. The molecule has 4 rings (SSSR count). The fourth-order valence-electron chi connectivity index (χ4n) is 3.75. The summed E-state index contributed by atoms with van der Waals surface area (Å²) in [6, 6.07) is 18.7. The van der Waals surface area contributed by atoms with Gasteiger partial charge in [0.25, 0.3) is 0 Å². The number of nitrogens with zero attached hydrogens (tertiary/aromatic N) is 5. The molecule has 0 radical (unpaired) electrons. The summed E-state index contributed by atoms with van der Waals surface area (Å²) in [6.07, 6.45) is 1.68. The van der Waals surface area contributed by atoms with Crippen molar-refractivity contribution in [2.24, 2.45) is 0 Å². The first-order chi connectivity index (χ1) is 16.4. The van der Waals surface area contributed by atoms with E-state index in [1.807, 2.05) is 28.3 Å². The van der Waals surface area contributed by atoms with Gasteiger partial charge in [0.05, 0.1) is 18.0 Å². The van der Waals surface area contributed by atoms with Crippen LogP contribution >= 0.6 is 11.8 Å². The molecule has 176 valence electrons. The third kappa shape index (κ3) is 5.94. The summed E-state index contributed by atoms with van der Waals surface area (Å²) in [5.41, 5.74) is 6.63. The maximum absolute atomic E-state index is 12.5. The predicted octanol–water partition coefficient (Wildman–Crippen LogP) is 4.66. The average Bonchev–Trinajstić information content (AvgIpc) is 3.42. The zero-order valence-corrected chi connectivity index (χ0v) is 20.8. The Morgan fingerprint density at radius 2 is 1.82 bits per heavy atom. The molecule has 2 heterocycles. The highest BCUT2D eigenvalue weighted by molar-refractivity contribution is 7.99. The number of aromatic nitrogens is 5. The Morgan fingerprint density at radius 3 is 2.53 bits per heavy atom. The van der Waals surface area contributed by atoms with E-state index < -0.39 is 0 Å². The fraction of sp³-hybridized carbons (Fsp3) is 0.308.